The number of H-pyrrole nitrogens is 1. The van der Waals surface area contributed by atoms with Crippen molar-refractivity contribution >= 4 is 33.3 Å². The van der Waals surface area contributed by atoms with Crippen LogP contribution in [0.4, 0.5) is 5.82 Å². The first-order valence-corrected chi connectivity index (χ1v) is 9.20. The number of aromatic amines is 1. The number of thiazole rings is 1. The summed E-state index contributed by atoms with van der Waals surface area (Å²) in [4.78, 5) is 21.3. The van der Waals surface area contributed by atoms with E-state index in [0.29, 0.717) is 11.5 Å². The predicted molar refractivity (Wildman–Crippen MR) is 107 cm³/mol. The Morgan fingerprint density at radius 2 is 2.04 bits per heavy atom. The number of rotatable bonds is 4. The molecule has 0 aliphatic carbocycles. The molecule has 0 spiro atoms. The average molecular weight is 378 g/mol. The highest BCUT2D eigenvalue weighted by atomic mass is 32.1. The molecule has 136 valence electrons. The van der Waals surface area contributed by atoms with Crippen LogP contribution in [-0.2, 0) is 5.54 Å². The minimum atomic E-state index is -0.595. The van der Waals surface area contributed by atoms with E-state index in [4.69, 9.17) is 5.73 Å². The molecule has 0 radical (unpaired) electrons. The third-order valence-electron chi connectivity index (χ3n) is 4.05. The van der Waals surface area contributed by atoms with E-state index in [2.05, 4.69) is 25.5 Å². The van der Waals surface area contributed by atoms with Gasteiger partial charge in [-0.1, -0.05) is 12.1 Å². The molecule has 0 bridgehead atoms. The Hall–Kier alpha value is -3.10. The van der Waals surface area contributed by atoms with Crippen molar-refractivity contribution in [2.45, 2.75) is 19.4 Å². The molecule has 4 rings (SSSR count). The number of carbonyl (C=O) groups is 1. The molecular formula is C19H18N6OS. The summed E-state index contributed by atoms with van der Waals surface area (Å²) in [6.45, 7) is 3.68. The maximum Gasteiger partial charge on any atom is 0.277 e. The lowest BCUT2D eigenvalue weighted by Gasteiger charge is -2.14. The lowest BCUT2D eigenvalue weighted by molar-refractivity contribution is 0.102. The summed E-state index contributed by atoms with van der Waals surface area (Å²) in [5.41, 5.74) is 8.23. The third-order valence-corrected chi connectivity index (χ3v) is 5.14. The maximum atomic E-state index is 12.3. The normalized spacial score (nSPS) is 11.7. The summed E-state index contributed by atoms with van der Waals surface area (Å²) in [6.07, 6.45) is 1.70. The molecule has 4 N–H and O–H groups in total. The van der Waals surface area contributed by atoms with Gasteiger partial charge in [0.2, 0.25) is 0 Å². The van der Waals surface area contributed by atoms with Crippen LogP contribution < -0.4 is 11.1 Å². The molecule has 0 aliphatic rings. The number of amides is 1. The number of nitrogens with two attached hydrogens (primary N) is 1. The highest BCUT2D eigenvalue weighted by Gasteiger charge is 2.20. The Morgan fingerprint density at radius 1 is 1.22 bits per heavy atom. The van der Waals surface area contributed by atoms with Gasteiger partial charge >= 0.3 is 0 Å². The van der Waals surface area contributed by atoms with Crippen molar-refractivity contribution in [3.8, 4) is 10.6 Å². The summed E-state index contributed by atoms with van der Waals surface area (Å²) in [6, 6.07) is 13.3. The van der Waals surface area contributed by atoms with Gasteiger partial charge in [-0.2, -0.15) is 5.10 Å². The zero-order valence-electron chi connectivity index (χ0n) is 14.9. The number of benzene rings is 1. The Kier molecular flexibility index (Phi) is 4.21. The second kappa shape index (κ2) is 6.57. The van der Waals surface area contributed by atoms with Crippen molar-refractivity contribution in [2.24, 2.45) is 5.73 Å². The lowest BCUT2D eigenvalue weighted by atomic mass is 10.0. The number of pyridine rings is 1. The van der Waals surface area contributed by atoms with Crippen molar-refractivity contribution < 1.29 is 4.79 Å². The molecule has 3 aromatic heterocycles. The topological polar surface area (TPSA) is 110 Å². The standard InChI is InChI=1S/C19H18N6OS/c1-19(2,20)15-9-13(24-25-15)17(26)23-16-8-7-11(10-21-16)18-22-12-5-3-4-6-14(12)27-18/h3-10H,20H2,1-2H3,(H,24,25)(H,21,23,26). The second-order valence-electron chi connectivity index (χ2n) is 6.76. The van der Waals surface area contributed by atoms with Gasteiger partial charge in [0.1, 0.15) is 10.8 Å². The van der Waals surface area contributed by atoms with Gasteiger partial charge in [0.05, 0.1) is 21.4 Å². The van der Waals surface area contributed by atoms with Gasteiger partial charge in [0.25, 0.3) is 5.91 Å². The van der Waals surface area contributed by atoms with Crippen molar-refractivity contribution in [1.82, 2.24) is 20.2 Å². The molecule has 8 heteroatoms. The molecule has 0 saturated carbocycles. The number of hydrogen-bond donors (Lipinski definition) is 3. The summed E-state index contributed by atoms with van der Waals surface area (Å²) < 4.78 is 1.13. The molecule has 0 atom stereocenters. The SMILES string of the molecule is CC(C)(N)c1cc(C(=O)Nc2ccc(-c3nc4ccccc4s3)cn2)n[nH]1. The van der Waals surface area contributed by atoms with Crippen molar-refractivity contribution in [1.29, 1.82) is 0 Å². The van der Waals surface area contributed by atoms with Gasteiger partial charge in [0.15, 0.2) is 5.69 Å². The van der Waals surface area contributed by atoms with Gasteiger partial charge in [0, 0.05) is 11.8 Å². The van der Waals surface area contributed by atoms with Crippen LogP contribution in [0.15, 0.2) is 48.7 Å². The predicted octanol–water partition coefficient (Wildman–Crippen LogP) is 3.53. The first-order chi connectivity index (χ1) is 12.9. The Bertz CT molecular complexity index is 1070. The van der Waals surface area contributed by atoms with E-state index < -0.39 is 5.54 Å². The molecule has 0 fully saturated rings. The number of para-hydroxylation sites is 1. The smallest absolute Gasteiger partial charge is 0.277 e. The fourth-order valence-electron chi connectivity index (χ4n) is 2.54. The van der Waals surface area contributed by atoms with Gasteiger partial charge < -0.3 is 11.1 Å². The van der Waals surface area contributed by atoms with Crippen LogP contribution in [0.3, 0.4) is 0 Å². The average Bonchev–Trinajstić information content (AvgIpc) is 3.29. The zero-order valence-corrected chi connectivity index (χ0v) is 15.7. The van der Waals surface area contributed by atoms with E-state index in [-0.39, 0.29) is 11.6 Å². The Labute approximate surface area is 159 Å². The highest BCUT2D eigenvalue weighted by molar-refractivity contribution is 7.21. The zero-order chi connectivity index (χ0) is 19.0. The van der Waals surface area contributed by atoms with E-state index in [9.17, 15) is 4.79 Å². The number of hydrogen-bond acceptors (Lipinski definition) is 6. The molecule has 0 saturated heterocycles. The molecule has 0 aliphatic heterocycles. The van der Waals surface area contributed by atoms with Crippen molar-refractivity contribution in [3.05, 3.63) is 60.0 Å². The molecule has 3 heterocycles. The quantitative estimate of drug-likeness (QED) is 0.503. The minimum Gasteiger partial charge on any atom is -0.321 e. The highest BCUT2D eigenvalue weighted by Crippen LogP contribution is 2.29. The molecular weight excluding hydrogens is 360 g/mol. The summed E-state index contributed by atoms with van der Waals surface area (Å²) in [5.74, 6) is 0.100. The number of carbonyl (C=O) groups excluding carboxylic acids is 1. The van der Waals surface area contributed by atoms with Crippen LogP contribution in [0, 0.1) is 0 Å². The van der Waals surface area contributed by atoms with Gasteiger partial charge in [-0.05, 0) is 44.2 Å². The third kappa shape index (κ3) is 3.57. The Morgan fingerprint density at radius 3 is 2.70 bits per heavy atom. The van der Waals surface area contributed by atoms with E-state index in [1.165, 1.54) is 0 Å². The molecule has 27 heavy (non-hydrogen) atoms. The van der Waals surface area contributed by atoms with Crippen LogP contribution in [0.2, 0.25) is 0 Å². The van der Waals surface area contributed by atoms with Crippen molar-refractivity contribution in [2.75, 3.05) is 5.32 Å². The molecule has 0 unspecified atom stereocenters. The fourth-order valence-corrected chi connectivity index (χ4v) is 3.49. The van der Waals surface area contributed by atoms with Crippen LogP contribution >= 0.6 is 11.3 Å². The number of anilines is 1. The van der Waals surface area contributed by atoms with Crippen molar-refractivity contribution in [3.63, 3.8) is 0 Å². The van der Waals surface area contributed by atoms with E-state index >= 15 is 0 Å². The second-order valence-corrected chi connectivity index (χ2v) is 7.79. The minimum absolute atomic E-state index is 0.264. The number of fused-ring (bicyclic) bond motifs is 1. The molecule has 4 aromatic rings. The molecule has 7 nitrogen and oxygen atoms in total. The maximum absolute atomic E-state index is 12.3. The monoisotopic (exact) mass is 378 g/mol. The molecule has 1 aromatic carbocycles. The van der Waals surface area contributed by atoms with E-state index in [0.717, 1.165) is 20.8 Å². The first kappa shape index (κ1) is 17.3. The van der Waals surface area contributed by atoms with Gasteiger partial charge in [-0.3, -0.25) is 9.89 Å². The lowest BCUT2D eigenvalue weighted by Crippen LogP contribution is -2.29. The van der Waals surface area contributed by atoms with Crippen LogP contribution in [-0.4, -0.2) is 26.1 Å². The van der Waals surface area contributed by atoms with Crippen LogP contribution in [0.1, 0.15) is 30.0 Å². The number of aromatic nitrogens is 4. The van der Waals surface area contributed by atoms with Crippen LogP contribution in [0.5, 0.6) is 0 Å². The van der Waals surface area contributed by atoms with Gasteiger partial charge in [-0.15, -0.1) is 11.3 Å². The summed E-state index contributed by atoms with van der Waals surface area (Å²) in [7, 11) is 0. The number of nitrogens with one attached hydrogen (secondary N) is 2. The summed E-state index contributed by atoms with van der Waals surface area (Å²) in [5, 5.41) is 10.4. The fraction of sp³-hybridized carbons (Fsp3) is 0.158. The van der Waals surface area contributed by atoms with E-state index in [1.807, 2.05) is 44.2 Å². The van der Waals surface area contributed by atoms with E-state index in [1.54, 1.807) is 29.7 Å². The molecule has 1 amide bonds. The first-order valence-electron chi connectivity index (χ1n) is 8.38. The number of nitrogens with zero attached hydrogens (tertiary/aromatic N) is 3. The largest absolute Gasteiger partial charge is 0.321 e. The Balaban J connectivity index is 1.50. The van der Waals surface area contributed by atoms with Crippen LogP contribution in [0.25, 0.3) is 20.8 Å². The van der Waals surface area contributed by atoms with Gasteiger partial charge in [-0.25, -0.2) is 9.97 Å². The summed E-state index contributed by atoms with van der Waals surface area (Å²) >= 11 is 1.61.